The van der Waals surface area contributed by atoms with Crippen LogP contribution in [0.4, 0.5) is 5.69 Å². The van der Waals surface area contributed by atoms with Gasteiger partial charge in [-0.25, -0.2) is 0 Å². The van der Waals surface area contributed by atoms with Gasteiger partial charge in [0.05, 0.1) is 7.11 Å². The molecule has 1 amide bonds. The van der Waals surface area contributed by atoms with Crippen LogP contribution in [0.2, 0.25) is 0 Å². The smallest absolute Gasteiger partial charge is 0.269 e. The van der Waals surface area contributed by atoms with Gasteiger partial charge in [0.2, 0.25) is 5.88 Å². The number of methoxy groups -OCH3 is 1. The number of carbonyl (C=O) groups is 1. The SMILES string of the molecule is COc1ccccc1Oc1nc2c(C)cccn2c(=O)c1/C=C(/C#N)C(=O)Nc1cc(C)ccc1C. The predicted octanol–water partition coefficient (Wildman–Crippen LogP) is 4.97. The van der Waals surface area contributed by atoms with Crippen molar-refractivity contribution in [3.8, 4) is 23.4 Å². The van der Waals surface area contributed by atoms with E-state index in [0.717, 1.165) is 16.7 Å². The lowest BCUT2D eigenvalue weighted by atomic mass is 10.1. The first kappa shape index (κ1) is 24.2. The van der Waals surface area contributed by atoms with Crippen molar-refractivity contribution in [1.82, 2.24) is 9.38 Å². The number of anilines is 1. The van der Waals surface area contributed by atoms with Crippen LogP contribution in [0.1, 0.15) is 22.3 Å². The Hall–Kier alpha value is -4.90. The molecule has 0 aliphatic heterocycles. The molecule has 4 rings (SSSR count). The fourth-order valence-electron chi connectivity index (χ4n) is 3.65. The molecule has 0 atom stereocenters. The van der Waals surface area contributed by atoms with Gasteiger partial charge in [-0.3, -0.25) is 14.0 Å². The fourth-order valence-corrected chi connectivity index (χ4v) is 3.65. The highest BCUT2D eigenvalue weighted by molar-refractivity contribution is 6.10. The third-order valence-corrected chi connectivity index (χ3v) is 5.62. The zero-order chi connectivity index (χ0) is 25.8. The van der Waals surface area contributed by atoms with E-state index in [9.17, 15) is 14.9 Å². The van der Waals surface area contributed by atoms with Crippen molar-refractivity contribution in [2.24, 2.45) is 0 Å². The Bertz CT molecular complexity index is 1610. The molecular weight excluding hydrogens is 456 g/mol. The molecule has 0 saturated heterocycles. The maximum absolute atomic E-state index is 13.5. The van der Waals surface area contributed by atoms with Gasteiger partial charge in [-0.2, -0.15) is 10.2 Å². The molecule has 0 unspecified atom stereocenters. The van der Waals surface area contributed by atoms with Crippen LogP contribution in [-0.4, -0.2) is 22.4 Å². The zero-order valence-corrected chi connectivity index (χ0v) is 20.3. The Kier molecular flexibility index (Phi) is 6.84. The van der Waals surface area contributed by atoms with Gasteiger partial charge in [-0.05, 0) is 67.8 Å². The van der Waals surface area contributed by atoms with Crippen molar-refractivity contribution in [2.75, 3.05) is 12.4 Å². The number of nitrogens with one attached hydrogen (secondary N) is 1. The number of pyridine rings is 1. The normalized spacial score (nSPS) is 11.1. The van der Waals surface area contributed by atoms with E-state index in [1.54, 1.807) is 36.5 Å². The summed E-state index contributed by atoms with van der Waals surface area (Å²) < 4.78 is 12.7. The lowest BCUT2D eigenvalue weighted by Gasteiger charge is -2.13. The largest absolute Gasteiger partial charge is 0.493 e. The van der Waals surface area contributed by atoms with E-state index in [0.29, 0.717) is 22.8 Å². The standard InChI is InChI=1S/C28H24N4O4/c1-17-11-12-18(2)22(14-17)30-26(33)20(16-29)15-21-27(36-24-10-6-5-9-23(24)35-4)31-25-19(3)8-7-13-32(25)28(21)34/h5-15H,1-4H3,(H,30,33)/b20-15-. The number of aryl methyl sites for hydroxylation is 3. The van der Waals surface area contributed by atoms with Crippen molar-refractivity contribution in [3.05, 3.63) is 99.0 Å². The number of ether oxygens (including phenoxy) is 2. The highest BCUT2D eigenvalue weighted by Gasteiger charge is 2.19. The minimum absolute atomic E-state index is 0.0447. The van der Waals surface area contributed by atoms with E-state index in [2.05, 4.69) is 10.3 Å². The molecule has 1 N–H and O–H groups in total. The van der Waals surface area contributed by atoms with Gasteiger partial charge in [0.15, 0.2) is 11.5 Å². The van der Waals surface area contributed by atoms with Crippen molar-refractivity contribution in [1.29, 1.82) is 5.26 Å². The molecule has 8 nitrogen and oxygen atoms in total. The van der Waals surface area contributed by atoms with Gasteiger partial charge >= 0.3 is 0 Å². The van der Waals surface area contributed by atoms with Crippen LogP contribution in [-0.2, 0) is 4.79 Å². The van der Waals surface area contributed by atoms with Gasteiger partial charge in [0, 0.05) is 11.9 Å². The number of hydrogen-bond acceptors (Lipinski definition) is 6. The third kappa shape index (κ3) is 4.81. The van der Waals surface area contributed by atoms with E-state index in [-0.39, 0.29) is 17.0 Å². The summed E-state index contributed by atoms with van der Waals surface area (Å²) in [5.41, 5.74) is 2.72. The molecule has 8 heteroatoms. The second-order valence-electron chi connectivity index (χ2n) is 8.22. The van der Waals surface area contributed by atoms with E-state index in [1.165, 1.54) is 17.6 Å². The second-order valence-corrected chi connectivity index (χ2v) is 8.22. The van der Waals surface area contributed by atoms with Crippen molar-refractivity contribution >= 4 is 23.3 Å². The third-order valence-electron chi connectivity index (χ3n) is 5.62. The molecular formula is C28H24N4O4. The number of amides is 1. The van der Waals surface area contributed by atoms with Crippen LogP contribution in [0.3, 0.4) is 0 Å². The molecule has 2 aromatic carbocycles. The molecule has 0 spiro atoms. The lowest BCUT2D eigenvalue weighted by Crippen LogP contribution is -2.21. The predicted molar refractivity (Wildman–Crippen MR) is 137 cm³/mol. The monoisotopic (exact) mass is 480 g/mol. The topological polar surface area (TPSA) is 106 Å². The maximum Gasteiger partial charge on any atom is 0.269 e. The fraction of sp³-hybridized carbons (Fsp3) is 0.143. The van der Waals surface area contributed by atoms with Gasteiger partial charge in [0.25, 0.3) is 11.5 Å². The number of nitrogens with zero attached hydrogens (tertiary/aromatic N) is 3. The van der Waals surface area contributed by atoms with Crippen molar-refractivity contribution in [2.45, 2.75) is 20.8 Å². The molecule has 0 bridgehead atoms. The van der Waals surface area contributed by atoms with Gasteiger partial charge in [-0.15, -0.1) is 0 Å². The Balaban J connectivity index is 1.86. The van der Waals surface area contributed by atoms with Gasteiger partial charge < -0.3 is 14.8 Å². The summed E-state index contributed by atoms with van der Waals surface area (Å²) in [6.45, 7) is 5.58. The molecule has 2 aromatic heterocycles. The van der Waals surface area contributed by atoms with Gasteiger partial charge in [-0.1, -0.05) is 30.3 Å². The Morgan fingerprint density at radius 3 is 2.53 bits per heavy atom. The first-order valence-electron chi connectivity index (χ1n) is 11.2. The first-order chi connectivity index (χ1) is 17.3. The van der Waals surface area contributed by atoms with Crippen LogP contribution >= 0.6 is 0 Å². The Morgan fingerprint density at radius 2 is 1.81 bits per heavy atom. The minimum Gasteiger partial charge on any atom is -0.493 e. The van der Waals surface area contributed by atoms with Gasteiger partial charge in [0.1, 0.15) is 22.9 Å². The molecule has 4 aromatic rings. The highest BCUT2D eigenvalue weighted by atomic mass is 16.5. The number of hydrogen-bond donors (Lipinski definition) is 1. The number of para-hydroxylation sites is 2. The van der Waals surface area contributed by atoms with Crippen molar-refractivity contribution in [3.63, 3.8) is 0 Å². The van der Waals surface area contributed by atoms with Crippen LogP contribution < -0.4 is 20.3 Å². The molecule has 0 fully saturated rings. The molecule has 0 aliphatic rings. The number of nitriles is 1. The number of carbonyl (C=O) groups excluding carboxylic acids is 1. The molecule has 36 heavy (non-hydrogen) atoms. The number of rotatable bonds is 6. The number of benzene rings is 2. The number of fused-ring (bicyclic) bond motifs is 1. The average Bonchev–Trinajstić information content (AvgIpc) is 2.87. The van der Waals surface area contributed by atoms with E-state index in [4.69, 9.17) is 9.47 Å². The molecule has 180 valence electrons. The maximum atomic E-state index is 13.5. The summed E-state index contributed by atoms with van der Waals surface area (Å²) in [7, 11) is 1.50. The number of aromatic nitrogens is 2. The summed E-state index contributed by atoms with van der Waals surface area (Å²) in [5.74, 6) is 0.0690. The Labute approximate surface area is 208 Å². The zero-order valence-electron chi connectivity index (χ0n) is 20.3. The summed E-state index contributed by atoms with van der Waals surface area (Å²) >= 11 is 0. The van der Waals surface area contributed by atoms with E-state index >= 15 is 0 Å². The van der Waals surface area contributed by atoms with Crippen LogP contribution in [0, 0.1) is 32.1 Å². The molecule has 0 aliphatic carbocycles. The van der Waals surface area contributed by atoms with E-state index in [1.807, 2.05) is 51.1 Å². The molecule has 0 saturated carbocycles. The average molecular weight is 481 g/mol. The molecule has 2 heterocycles. The first-order valence-corrected chi connectivity index (χ1v) is 11.2. The summed E-state index contributed by atoms with van der Waals surface area (Å²) in [6, 6.07) is 18.0. The minimum atomic E-state index is -0.650. The summed E-state index contributed by atoms with van der Waals surface area (Å²) in [6.07, 6.45) is 2.78. The van der Waals surface area contributed by atoms with E-state index < -0.39 is 11.5 Å². The summed E-state index contributed by atoms with van der Waals surface area (Å²) in [5, 5.41) is 12.6. The highest BCUT2D eigenvalue weighted by Crippen LogP contribution is 2.32. The molecule has 0 radical (unpaired) electrons. The van der Waals surface area contributed by atoms with Crippen molar-refractivity contribution < 1.29 is 14.3 Å². The van der Waals surface area contributed by atoms with Crippen LogP contribution in [0.15, 0.2) is 71.2 Å². The van der Waals surface area contributed by atoms with Crippen LogP contribution in [0.25, 0.3) is 11.7 Å². The second kappa shape index (κ2) is 10.2. The Morgan fingerprint density at radius 1 is 1.06 bits per heavy atom. The van der Waals surface area contributed by atoms with Crippen LogP contribution in [0.5, 0.6) is 17.4 Å². The summed E-state index contributed by atoms with van der Waals surface area (Å²) in [4.78, 5) is 31.1. The quantitative estimate of drug-likeness (QED) is 0.309. The lowest BCUT2D eigenvalue weighted by molar-refractivity contribution is -0.112.